The van der Waals surface area contributed by atoms with Gasteiger partial charge < -0.3 is 5.48 Å². The van der Waals surface area contributed by atoms with Gasteiger partial charge in [0, 0.05) is 34.1 Å². The third-order valence-corrected chi connectivity index (χ3v) is 0. The maximum absolute atomic E-state index is 0. The summed E-state index contributed by atoms with van der Waals surface area (Å²) in [5.74, 6) is 0. The molecular weight excluding hydrogens is 270 g/mol. The van der Waals surface area contributed by atoms with Gasteiger partial charge in [0.1, 0.15) is 0 Å². The summed E-state index contributed by atoms with van der Waals surface area (Å²) in [5, 5.41) is 0. The number of hydrogen-bond donors (Lipinski definition) is 0. The van der Waals surface area contributed by atoms with Crippen molar-refractivity contribution in [2.45, 2.75) is 0 Å². The van der Waals surface area contributed by atoms with Crippen LogP contribution in [0.25, 0.3) is 0 Å². The first-order valence-electron chi connectivity index (χ1n) is 0. The Morgan fingerprint density at radius 3 is 0.600 bits per heavy atom. The minimum Gasteiger partial charge on any atom is -2.00 e. The van der Waals surface area contributed by atoms with Crippen molar-refractivity contribution >= 4 is 0 Å². The zero-order valence-electron chi connectivity index (χ0n) is 1.61. The molecule has 0 aliphatic heterocycles. The van der Waals surface area contributed by atoms with E-state index in [-0.39, 0.29) is 73.8 Å². The van der Waals surface area contributed by atoms with Crippen LogP contribution in [-0.2, 0) is 73.8 Å². The molecule has 0 fully saturated rings. The monoisotopic (exact) mass is 268 g/mol. The van der Waals surface area contributed by atoms with Crippen LogP contribution in [0.1, 0.15) is 0 Å². The molecule has 1 nitrogen and oxygen atoms in total. The molecular formula is Cu4O. The molecule has 0 aliphatic rings. The van der Waals surface area contributed by atoms with Gasteiger partial charge in [0.15, 0.2) is 0 Å². The Balaban J connectivity index is 0. The molecule has 0 spiro atoms. The van der Waals surface area contributed by atoms with Crippen LogP contribution >= 0.6 is 0 Å². The van der Waals surface area contributed by atoms with Crippen LogP contribution in [0.5, 0.6) is 0 Å². The van der Waals surface area contributed by atoms with Crippen LogP contribution in [-0.4, -0.2) is 0 Å². The van der Waals surface area contributed by atoms with Crippen molar-refractivity contribution < 1.29 is 73.8 Å². The van der Waals surface area contributed by atoms with Crippen molar-refractivity contribution in [1.29, 1.82) is 0 Å². The standard InChI is InChI=1S/4Cu.O/q;;2*+1;-2. The molecule has 0 atom stereocenters. The van der Waals surface area contributed by atoms with Crippen LogP contribution < -0.4 is 0 Å². The van der Waals surface area contributed by atoms with Gasteiger partial charge in [-0.25, -0.2) is 0 Å². The quantitative estimate of drug-likeness (QED) is 0.549. The zero-order chi connectivity index (χ0) is 0. The van der Waals surface area contributed by atoms with E-state index in [1.165, 1.54) is 0 Å². The number of rotatable bonds is 0. The van der Waals surface area contributed by atoms with Crippen molar-refractivity contribution in [1.82, 2.24) is 0 Å². The Labute approximate surface area is 73.2 Å². The Hall–Kier alpha value is 2.04. The molecule has 0 saturated heterocycles. The van der Waals surface area contributed by atoms with E-state index in [1.54, 1.807) is 0 Å². The summed E-state index contributed by atoms with van der Waals surface area (Å²) in [6, 6.07) is 0. The average Bonchev–Trinajstić information content (AvgIpc) is 0. The molecule has 0 N–H and O–H groups in total. The third-order valence-electron chi connectivity index (χ3n) is 0. The molecule has 5 heavy (non-hydrogen) atoms. The van der Waals surface area contributed by atoms with E-state index in [1.807, 2.05) is 0 Å². The van der Waals surface area contributed by atoms with Crippen molar-refractivity contribution in [2.75, 3.05) is 0 Å². The first-order chi connectivity index (χ1) is 0. The molecule has 0 aromatic rings. The Morgan fingerprint density at radius 1 is 0.600 bits per heavy atom. The molecule has 0 aliphatic carbocycles. The van der Waals surface area contributed by atoms with Crippen LogP contribution in [0.4, 0.5) is 0 Å². The molecule has 0 saturated carbocycles. The van der Waals surface area contributed by atoms with Crippen LogP contribution in [0.3, 0.4) is 0 Å². The van der Waals surface area contributed by atoms with Crippen LogP contribution in [0, 0.1) is 0 Å². The molecule has 50 valence electrons. The zero-order valence-corrected chi connectivity index (χ0v) is 5.38. The summed E-state index contributed by atoms with van der Waals surface area (Å²) in [5.41, 5.74) is 0. The SMILES string of the molecule is [Cu+].[Cu+].[Cu].[Cu].[O-2]. The smallest absolute Gasteiger partial charge is 1.00 e. The van der Waals surface area contributed by atoms with Crippen LogP contribution in [0.15, 0.2) is 0 Å². The fourth-order valence-corrected chi connectivity index (χ4v) is 0. The van der Waals surface area contributed by atoms with Crippen molar-refractivity contribution in [3.05, 3.63) is 0 Å². The van der Waals surface area contributed by atoms with Gasteiger partial charge in [-0.15, -0.1) is 0 Å². The Bertz CT molecular complexity index is 3.61. The maximum atomic E-state index is 0. The maximum Gasteiger partial charge on any atom is 1.00 e. The summed E-state index contributed by atoms with van der Waals surface area (Å²) in [4.78, 5) is 0. The van der Waals surface area contributed by atoms with Gasteiger partial charge in [-0.3, -0.25) is 0 Å². The van der Waals surface area contributed by atoms with Gasteiger partial charge in [0.05, 0.1) is 0 Å². The molecule has 0 rings (SSSR count). The largest absolute Gasteiger partial charge is 2.00 e. The minimum absolute atomic E-state index is 0. The minimum atomic E-state index is 0. The summed E-state index contributed by atoms with van der Waals surface area (Å²) in [6.45, 7) is 0. The predicted molar refractivity (Wildman–Crippen MR) is 0.686 cm³/mol. The topological polar surface area (TPSA) is 28.5 Å². The summed E-state index contributed by atoms with van der Waals surface area (Å²) < 4.78 is 0. The van der Waals surface area contributed by atoms with E-state index >= 15 is 0 Å². The Kier molecular flexibility index (Phi) is 456. The van der Waals surface area contributed by atoms with Crippen LogP contribution in [0.2, 0.25) is 0 Å². The molecule has 0 amide bonds. The first-order valence-corrected chi connectivity index (χ1v) is 0. The molecule has 5 heteroatoms. The van der Waals surface area contributed by atoms with E-state index in [0.717, 1.165) is 0 Å². The van der Waals surface area contributed by atoms with E-state index < -0.39 is 0 Å². The van der Waals surface area contributed by atoms with Crippen molar-refractivity contribution in [3.63, 3.8) is 0 Å². The molecule has 0 heterocycles. The van der Waals surface area contributed by atoms with Gasteiger partial charge in [-0.05, 0) is 0 Å². The van der Waals surface area contributed by atoms with E-state index in [2.05, 4.69) is 0 Å². The molecule has 0 aromatic heterocycles. The second-order valence-corrected chi connectivity index (χ2v) is 0. The molecule has 2 radical (unpaired) electrons. The van der Waals surface area contributed by atoms with Crippen molar-refractivity contribution in [2.24, 2.45) is 0 Å². The average molecular weight is 270 g/mol. The van der Waals surface area contributed by atoms with Gasteiger partial charge in [0.2, 0.25) is 0 Å². The summed E-state index contributed by atoms with van der Waals surface area (Å²) in [7, 11) is 0. The number of hydrogen-bond acceptors (Lipinski definition) is 0. The van der Waals surface area contributed by atoms with Gasteiger partial charge in [-0.1, -0.05) is 0 Å². The summed E-state index contributed by atoms with van der Waals surface area (Å²) in [6.07, 6.45) is 0. The summed E-state index contributed by atoms with van der Waals surface area (Å²) >= 11 is 0. The van der Waals surface area contributed by atoms with Gasteiger partial charge in [0.25, 0.3) is 0 Å². The fraction of sp³-hybridized carbons (Fsp3) is 0. The molecule has 0 unspecified atom stereocenters. The van der Waals surface area contributed by atoms with Gasteiger partial charge >= 0.3 is 34.1 Å². The fourth-order valence-electron chi connectivity index (χ4n) is 0. The normalized spacial score (nSPS) is 0. The predicted octanol–water partition coefficient (Wildman–Crippen LogP) is -0.129. The third kappa shape index (κ3) is 23.7. The second-order valence-electron chi connectivity index (χ2n) is 0. The Morgan fingerprint density at radius 2 is 0.600 bits per heavy atom. The molecule has 0 aromatic carbocycles. The molecule has 0 bridgehead atoms. The van der Waals surface area contributed by atoms with E-state index in [0.29, 0.717) is 0 Å². The van der Waals surface area contributed by atoms with E-state index in [4.69, 9.17) is 0 Å². The van der Waals surface area contributed by atoms with Gasteiger partial charge in [-0.2, -0.15) is 0 Å². The second kappa shape index (κ2) is 36.9. The van der Waals surface area contributed by atoms with E-state index in [9.17, 15) is 0 Å². The first kappa shape index (κ1) is 61.8. The van der Waals surface area contributed by atoms with Crippen molar-refractivity contribution in [3.8, 4) is 0 Å².